The summed E-state index contributed by atoms with van der Waals surface area (Å²) >= 11 is 5.96. The van der Waals surface area contributed by atoms with Crippen LogP contribution in [0.25, 0.3) is 0 Å². The third-order valence-corrected chi connectivity index (χ3v) is 5.15. The third kappa shape index (κ3) is 5.88. The minimum atomic E-state index is -1.35. The highest BCUT2D eigenvalue weighted by Gasteiger charge is 2.26. The molecule has 1 aliphatic rings. The summed E-state index contributed by atoms with van der Waals surface area (Å²) in [4.78, 5) is 23.8. The zero-order chi connectivity index (χ0) is 23.3. The van der Waals surface area contributed by atoms with Crippen molar-refractivity contribution in [2.45, 2.75) is 12.8 Å². The molecule has 2 aromatic carbocycles. The summed E-state index contributed by atoms with van der Waals surface area (Å²) in [5.41, 5.74) is -0.303. The van der Waals surface area contributed by atoms with Gasteiger partial charge in [0.1, 0.15) is 17.3 Å². The van der Waals surface area contributed by atoms with E-state index in [4.69, 9.17) is 26.2 Å². The van der Waals surface area contributed by atoms with Gasteiger partial charge in [-0.15, -0.1) is 0 Å². The molecule has 0 aromatic heterocycles. The van der Waals surface area contributed by atoms with Gasteiger partial charge < -0.3 is 24.6 Å². The van der Waals surface area contributed by atoms with Crippen molar-refractivity contribution < 1.29 is 38.1 Å². The van der Waals surface area contributed by atoms with E-state index in [2.05, 4.69) is 0 Å². The van der Waals surface area contributed by atoms with Crippen LogP contribution in [0.4, 0.5) is 8.78 Å². The number of para-hydroxylation sites is 1. The minimum Gasteiger partial charge on any atom is -0.489 e. The topological polar surface area (TPSA) is 96.3 Å². The zero-order valence-corrected chi connectivity index (χ0v) is 17.5. The largest absolute Gasteiger partial charge is 0.489 e. The number of piperidine rings is 1. The molecule has 10 heteroatoms. The number of carboxylic acid groups (broad SMARTS) is 2. The molecule has 1 heterocycles. The first kappa shape index (κ1) is 23.3. The Hall–Kier alpha value is -3.33. The van der Waals surface area contributed by atoms with Gasteiger partial charge in [0, 0.05) is 19.0 Å². The van der Waals surface area contributed by atoms with Crippen molar-refractivity contribution >= 4 is 23.5 Å². The van der Waals surface area contributed by atoms with Crippen LogP contribution < -0.4 is 9.47 Å². The molecule has 0 spiro atoms. The fraction of sp³-hybridized carbons (Fsp3) is 0.273. The number of benzene rings is 2. The number of carbonyl (C=O) groups is 2. The number of aliphatic carboxylic acids is 2. The number of halogens is 3. The van der Waals surface area contributed by atoms with Gasteiger partial charge in [0.25, 0.3) is 0 Å². The van der Waals surface area contributed by atoms with E-state index in [1.807, 2.05) is 0 Å². The van der Waals surface area contributed by atoms with E-state index in [0.29, 0.717) is 25.5 Å². The summed E-state index contributed by atoms with van der Waals surface area (Å²) in [6.07, 6.45) is 2.01. The molecule has 32 heavy (non-hydrogen) atoms. The van der Waals surface area contributed by atoms with Crippen LogP contribution in [0.5, 0.6) is 17.2 Å². The van der Waals surface area contributed by atoms with Gasteiger partial charge >= 0.3 is 11.9 Å². The van der Waals surface area contributed by atoms with Gasteiger partial charge in [0.15, 0.2) is 11.6 Å². The molecular weight excluding hydrogens is 448 g/mol. The van der Waals surface area contributed by atoms with Crippen LogP contribution in [0.15, 0.2) is 48.2 Å². The third-order valence-electron chi connectivity index (χ3n) is 4.85. The fourth-order valence-corrected chi connectivity index (χ4v) is 3.61. The summed E-state index contributed by atoms with van der Waals surface area (Å²) in [6, 6.07) is 7.56. The number of likely N-dealkylation sites (tertiary alicyclic amines) is 1. The second-order valence-electron chi connectivity index (χ2n) is 7.18. The Morgan fingerprint density at radius 2 is 1.97 bits per heavy atom. The Kier molecular flexibility index (Phi) is 7.53. The van der Waals surface area contributed by atoms with Crippen LogP contribution >= 0.6 is 11.6 Å². The Balaban J connectivity index is 1.72. The molecule has 1 aliphatic heterocycles. The predicted molar refractivity (Wildman–Crippen MR) is 111 cm³/mol. The highest BCUT2D eigenvalue weighted by Crippen LogP contribution is 2.37. The van der Waals surface area contributed by atoms with Crippen molar-refractivity contribution in [1.29, 1.82) is 0 Å². The van der Waals surface area contributed by atoms with Crippen LogP contribution in [0.1, 0.15) is 12.8 Å². The van der Waals surface area contributed by atoms with Crippen LogP contribution in [-0.4, -0.2) is 46.7 Å². The number of ether oxygens (including phenoxy) is 2. The number of hydrogen-bond donors (Lipinski definition) is 2. The van der Waals surface area contributed by atoms with E-state index < -0.39 is 23.6 Å². The van der Waals surface area contributed by atoms with E-state index in [9.17, 15) is 23.5 Å². The fourth-order valence-electron chi connectivity index (χ4n) is 3.40. The molecule has 0 saturated carbocycles. The maximum absolute atomic E-state index is 14.4. The molecule has 2 N–H and O–H groups in total. The van der Waals surface area contributed by atoms with Gasteiger partial charge in [-0.2, -0.15) is 0 Å². The number of hydrogen-bond acceptors (Lipinski definition) is 5. The van der Waals surface area contributed by atoms with Crippen molar-refractivity contribution in [3.8, 4) is 17.2 Å². The Bertz CT molecular complexity index is 1050. The van der Waals surface area contributed by atoms with Gasteiger partial charge in [-0.25, -0.2) is 18.4 Å². The summed E-state index contributed by atoms with van der Waals surface area (Å²) in [6.45, 7) is 0.785. The lowest BCUT2D eigenvalue weighted by Crippen LogP contribution is -2.39. The van der Waals surface area contributed by atoms with E-state index in [-0.39, 0.29) is 47.0 Å². The smallest absolute Gasteiger partial charge is 0.352 e. The second-order valence-corrected chi connectivity index (χ2v) is 7.59. The average molecular weight is 468 g/mol. The van der Waals surface area contributed by atoms with Crippen molar-refractivity contribution in [2.24, 2.45) is 5.92 Å². The molecule has 0 radical (unpaired) electrons. The summed E-state index contributed by atoms with van der Waals surface area (Å²) in [7, 11) is 0. The van der Waals surface area contributed by atoms with Crippen LogP contribution in [0, 0.1) is 17.6 Å². The molecular formula is C22H20ClF2NO6. The van der Waals surface area contributed by atoms with Crippen LogP contribution in [0.3, 0.4) is 0 Å². The van der Waals surface area contributed by atoms with Gasteiger partial charge in [-0.05, 0) is 43.2 Å². The molecule has 3 rings (SSSR count). The van der Waals surface area contributed by atoms with Gasteiger partial charge in [0.2, 0.25) is 5.75 Å². The Morgan fingerprint density at radius 1 is 1.19 bits per heavy atom. The number of rotatable bonds is 8. The highest BCUT2D eigenvalue weighted by molar-refractivity contribution is 6.32. The van der Waals surface area contributed by atoms with Gasteiger partial charge in [0.05, 0.1) is 17.7 Å². The molecule has 170 valence electrons. The van der Waals surface area contributed by atoms with Crippen LogP contribution in [-0.2, 0) is 9.59 Å². The second kappa shape index (κ2) is 10.3. The molecule has 7 nitrogen and oxygen atoms in total. The summed E-state index contributed by atoms with van der Waals surface area (Å²) in [5, 5.41) is 18.2. The van der Waals surface area contributed by atoms with Gasteiger partial charge in [-0.1, -0.05) is 17.7 Å². The summed E-state index contributed by atoms with van der Waals surface area (Å²) < 4.78 is 39.0. The lowest BCUT2D eigenvalue weighted by atomic mass is 9.98. The van der Waals surface area contributed by atoms with E-state index in [0.717, 1.165) is 12.1 Å². The first-order valence-electron chi connectivity index (χ1n) is 9.71. The Labute approximate surface area is 187 Å². The average Bonchev–Trinajstić information content (AvgIpc) is 2.74. The van der Waals surface area contributed by atoms with E-state index in [1.54, 1.807) is 0 Å². The monoisotopic (exact) mass is 467 g/mol. The molecule has 1 atom stereocenters. The lowest BCUT2D eigenvalue weighted by Gasteiger charge is -2.34. The molecule has 0 unspecified atom stereocenters. The number of nitrogens with zero attached hydrogens (tertiary/aromatic N) is 1. The first-order valence-corrected chi connectivity index (χ1v) is 10.1. The Morgan fingerprint density at radius 3 is 2.66 bits per heavy atom. The SMILES string of the molecule is O=C(O)/C=C(/C(=O)O)N1CCC[C@H](COc2cccc(F)c2Oc2ccc(F)cc2Cl)C1. The van der Waals surface area contributed by atoms with E-state index in [1.165, 1.54) is 29.2 Å². The molecule has 0 amide bonds. The first-order chi connectivity index (χ1) is 15.2. The highest BCUT2D eigenvalue weighted by atomic mass is 35.5. The standard InChI is InChI=1S/C22H20ClF2NO6/c23-15-9-14(24)6-7-18(15)32-21-16(25)4-1-5-19(21)31-12-13-3-2-8-26(11-13)17(22(29)30)10-20(27)28/h1,4-7,9-10,13H,2-3,8,11-12H2,(H,27,28)(H,29,30)/b17-10-/t13-/m0/s1. The normalized spacial score (nSPS) is 16.5. The maximum atomic E-state index is 14.4. The van der Waals surface area contributed by atoms with Crippen molar-refractivity contribution in [3.63, 3.8) is 0 Å². The molecule has 1 saturated heterocycles. The van der Waals surface area contributed by atoms with Crippen molar-refractivity contribution in [2.75, 3.05) is 19.7 Å². The number of carboxylic acids is 2. The lowest BCUT2D eigenvalue weighted by molar-refractivity contribution is -0.136. The van der Waals surface area contributed by atoms with E-state index >= 15 is 0 Å². The van der Waals surface area contributed by atoms with Crippen molar-refractivity contribution in [3.05, 3.63) is 64.8 Å². The maximum Gasteiger partial charge on any atom is 0.352 e. The zero-order valence-electron chi connectivity index (χ0n) is 16.8. The quantitative estimate of drug-likeness (QED) is 0.549. The van der Waals surface area contributed by atoms with Crippen LogP contribution in [0.2, 0.25) is 5.02 Å². The van der Waals surface area contributed by atoms with Gasteiger partial charge in [-0.3, -0.25) is 0 Å². The molecule has 0 bridgehead atoms. The summed E-state index contributed by atoms with van der Waals surface area (Å²) in [5.74, 6) is -4.14. The van der Waals surface area contributed by atoms with Crippen molar-refractivity contribution in [1.82, 2.24) is 4.90 Å². The minimum absolute atomic E-state index is 0.0338. The molecule has 0 aliphatic carbocycles. The predicted octanol–water partition coefficient (Wildman–Crippen LogP) is 4.55. The molecule has 2 aromatic rings. The molecule has 1 fully saturated rings.